The molecule has 1 aliphatic rings. The maximum Gasteiger partial charge on any atom is 0.251 e. The number of hydrogen-bond donors (Lipinski definition) is 2. The van der Waals surface area contributed by atoms with Gasteiger partial charge in [0.25, 0.3) is 5.56 Å². The summed E-state index contributed by atoms with van der Waals surface area (Å²) in [4.78, 5) is 21.6. The SMILES string of the molecule is O=c1cc(-c2ccnc(NC3CCOCC3)n2)ccn1[C@H](CO)c1cccc(Cl)c1F. The lowest BCUT2D eigenvalue weighted by Gasteiger charge is -2.23. The van der Waals surface area contributed by atoms with Gasteiger partial charge in [-0.25, -0.2) is 14.4 Å². The molecule has 162 valence electrons. The van der Waals surface area contributed by atoms with Gasteiger partial charge in [-0.3, -0.25) is 4.79 Å². The third-order valence-electron chi connectivity index (χ3n) is 5.30. The fourth-order valence-electron chi connectivity index (χ4n) is 3.63. The van der Waals surface area contributed by atoms with Crippen LogP contribution >= 0.6 is 11.6 Å². The summed E-state index contributed by atoms with van der Waals surface area (Å²) in [5.74, 6) is -0.165. The van der Waals surface area contributed by atoms with Gasteiger partial charge in [-0.05, 0) is 31.0 Å². The van der Waals surface area contributed by atoms with Gasteiger partial charge in [0.05, 0.1) is 23.4 Å². The van der Waals surface area contributed by atoms with Crippen LogP contribution in [0.1, 0.15) is 24.4 Å². The second-order valence-electron chi connectivity index (χ2n) is 7.30. The molecule has 3 heterocycles. The molecule has 31 heavy (non-hydrogen) atoms. The largest absolute Gasteiger partial charge is 0.394 e. The van der Waals surface area contributed by atoms with Crippen LogP contribution in [0.4, 0.5) is 10.3 Å². The van der Waals surface area contributed by atoms with Crippen LogP contribution in [-0.4, -0.2) is 45.5 Å². The Hall–Kier alpha value is -2.81. The average molecular weight is 445 g/mol. The third-order valence-corrected chi connectivity index (χ3v) is 5.60. The molecule has 0 aliphatic carbocycles. The summed E-state index contributed by atoms with van der Waals surface area (Å²) >= 11 is 5.86. The van der Waals surface area contributed by atoms with E-state index >= 15 is 0 Å². The Labute approximate surface area is 183 Å². The highest BCUT2D eigenvalue weighted by Crippen LogP contribution is 2.26. The van der Waals surface area contributed by atoms with Gasteiger partial charge in [0.15, 0.2) is 0 Å². The summed E-state index contributed by atoms with van der Waals surface area (Å²) in [6.45, 7) is 0.951. The predicted octanol–water partition coefficient (Wildman–Crippen LogP) is 3.27. The number of aliphatic hydroxyl groups excluding tert-OH is 1. The number of nitrogens with zero attached hydrogens (tertiary/aromatic N) is 3. The maximum atomic E-state index is 14.4. The van der Waals surface area contributed by atoms with E-state index in [1.54, 1.807) is 24.4 Å². The zero-order valence-corrected chi connectivity index (χ0v) is 17.4. The van der Waals surface area contributed by atoms with Crippen LogP contribution in [0.5, 0.6) is 0 Å². The van der Waals surface area contributed by atoms with E-state index in [2.05, 4.69) is 15.3 Å². The van der Waals surface area contributed by atoms with Crippen molar-refractivity contribution in [2.24, 2.45) is 0 Å². The fourth-order valence-corrected chi connectivity index (χ4v) is 3.82. The van der Waals surface area contributed by atoms with Crippen molar-refractivity contribution >= 4 is 17.5 Å². The zero-order chi connectivity index (χ0) is 21.8. The number of ether oxygens (including phenoxy) is 1. The number of pyridine rings is 1. The molecule has 0 spiro atoms. The van der Waals surface area contributed by atoms with E-state index in [0.717, 1.165) is 12.8 Å². The minimum atomic E-state index is -0.892. The monoisotopic (exact) mass is 444 g/mol. The normalized spacial score (nSPS) is 15.6. The molecule has 1 aliphatic heterocycles. The smallest absolute Gasteiger partial charge is 0.251 e. The van der Waals surface area contributed by atoms with Crippen LogP contribution < -0.4 is 10.9 Å². The number of halogens is 2. The first-order valence-electron chi connectivity index (χ1n) is 10.0. The number of rotatable bonds is 6. The van der Waals surface area contributed by atoms with E-state index < -0.39 is 24.0 Å². The number of aromatic nitrogens is 3. The first-order valence-corrected chi connectivity index (χ1v) is 10.4. The van der Waals surface area contributed by atoms with Gasteiger partial charge in [-0.15, -0.1) is 0 Å². The Bertz CT molecular complexity index is 1120. The summed E-state index contributed by atoms with van der Waals surface area (Å²) < 4.78 is 21.1. The lowest BCUT2D eigenvalue weighted by Crippen LogP contribution is -2.28. The molecule has 1 aromatic carbocycles. The molecule has 4 rings (SSSR count). The molecule has 1 fully saturated rings. The second-order valence-corrected chi connectivity index (χ2v) is 7.71. The minimum Gasteiger partial charge on any atom is -0.394 e. The van der Waals surface area contributed by atoms with Crippen LogP contribution in [0.2, 0.25) is 5.02 Å². The molecular formula is C22H22ClFN4O3. The molecule has 0 radical (unpaired) electrons. The summed E-state index contributed by atoms with van der Waals surface area (Å²) in [6, 6.07) is 8.68. The van der Waals surface area contributed by atoms with Gasteiger partial charge >= 0.3 is 0 Å². The molecule has 0 bridgehead atoms. The van der Waals surface area contributed by atoms with Crippen LogP contribution in [-0.2, 0) is 4.74 Å². The Morgan fingerprint density at radius 2 is 2.10 bits per heavy atom. The molecular weight excluding hydrogens is 423 g/mol. The number of aliphatic hydroxyl groups is 1. The summed E-state index contributed by atoms with van der Waals surface area (Å²) in [5, 5.41) is 13.1. The van der Waals surface area contributed by atoms with Crippen molar-refractivity contribution in [2.75, 3.05) is 25.1 Å². The van der Waals surface area contributed by atoms with E-state index in [9.17, 15) is 14.3 Å². The first-order chi connectivity index (χ1) is 15.1. The minimum absolute atomic E-state index is 0.0637. The average Bonchev–Trinajstić information content (AvgIpc) is 2.79. The quantitative estimate of drug-likeness (QED) is 0.606. The van der Waals surface area contributed by atoms with Crippen LogP contribution in [0.3, 0.4) is 0 Å². The number of nitrogens with one attached hydrogen (secondary N) is 1. The van der Waals surface area contributed by atoms with Gasteiger partial charge in [-0.1, -0.05) is 23.7 Å². The maximum absolute atomic E-state index is 14.4. The topological polar surface area (TPSA) is 89.3 Å². The summed E-state index contributed by atoms with van der Waals surface area (Å²) in [5.41, 5.74) is 0.938. The Morgan fingerprint density at radius 1 is 1.29 bits per heavy atom. The molecule has 0 amide bonds. The number of anilines is 1. The van der Waals surface area contributed by atoms with Crippen molar-refractivity contribution in [3.05, 3.63) is 75.5 Å². The highest BCUT2D eigenvalue weighted by Gasteiger charge is 2.20. The Kier molecular flexibility index (Phi) is 6.60. The summed E-state index contributed by atoms with van der Waals surface area (Å²) in [6.07, 6.45) is 4.92. The highest BCUT2D eigenvalue weighted by atomic mass is 35.5. The Balaban J connectivity index is 1.61. The highest BCUT2D eigenvalue weighted by molar-refractivity contribution is 6.30. The van der Waals surface area contributed by atoms with E-state index in [0.29, 0.717) is 30.4 Å². The molecule has 0 unspecified atom stereocenters. The molecule has 7 nitrogen and oxygen atoms in total. The predicted molar refractivity (Wildman–Crippen MR) is 116 cm³/mol. The van der Waals surface area contributed by atoms with Gasteiger partial charge < -0.3 is 19.7 Å². The molecule has 3 aromatic rings. The van der Waals surface area contributed by atoms with Crippen LogP contribution in [0.15, 0.2) is 53.6 Å². The summed E-state index contributed by atoms with van der Waals surface area (Å²) in [7, 11) is 0. The van der Waals surface area contributed by atoms with Crippen molar-refractivity contribution in [1.82, 2.24) is 14.5 Å². The van der Waals surface area contributed by atoms with Gasteiger partial charge in [0, 0.05) is 48.8 Å². The van der Waals surface area contributed by atoms with Crippen molar-refractivity contribution in [2.45, 2.75) is 24.9 Å². The molecule has 2 aromatic heterocycles. The molecule has 1 atom stereocenters. The molecule has 0 saturated carbocycles. The second kappa shape index (κ2) is 9.55. The number of hydrogen-bond acceptors (Lipinski definition) is 6. The third kappa shape index (κ3) is 4.76. The first kappa shape index (κ1) is 21.4. The molecule has 2 N–H and O–H groups in total. The van der Waals surface area contributed by atoms with E-state index in [1.165, 1.54) is 29.0 Å². The van der Waals surface area contributed by atoms with Gasteiger partial charge in [-0.2, -0.15) is 0 Å². The number of benzene rings is 1. The van der Waals surface area contributed by atoms with Crippen molar-refractivity contribution in [1.29, 1.82) is 0 Å². The zero-order valence-electron chi connectivity index (χ0n) is 16.7. The standard InChI is InChI=1S/C22H22ClFN4O3/c23-17-3-1-2-16(21(17)24)19(13-29)28-9-5-14(12-20(28)30)18-4-8-25-22(27-18)26-15-6-10-31-11-7-15/h1-5,8-9,12,15,19,29H,6-7,10-11,13H2,(H,25,26,27)/t19-/m1/s1. The lowest BCUT2D eigenvalue weighted by atomic mass is 10.1. The van der Waals surface area contributed by atoms with Crippen LogP contribution in [0, 0.1) is 5.82 Å². The van der Waals surface area contributed by atoms with Crippen LogP contribution in [0.25, 0.3) is 11.3 Å². The van der Waals surface area contributed by atoms with Gasteiger partial charge in [0.1, 0.15) is 5.82 Å². The fraction of sp³-hybridized carbons (Fsp3) is 0.318. The van der Waals surface area contributed by atoms with Crippen molar-refractivity contribution < 1.29 is 14.2 Å². The van der Waals surface area contributed by atoms with E-state index in [1.807, 2.05) is 0 Å². The lowest BCUT2D eigenvalue weighted by molar-refractivity contribution is 0.0903. The Morgan fingerprint density at radius 3 is 2.84 bits per heavy atom. The van der Waals surface area contributed by atoms with E-state index in [4.69, 9.17) is 16.3 Å². The van der Waals surface area contributed by atoms with E-state index in [-0.39, 0.29) is 16.6 Å². The van der Waals surface area contributed by atoms with Gasteiger partial charge in [0.2, 0.25) is 5.95 Å². The van der Waals surface area contributed by atoms with Crippen molar-refractivity contribution in [3.8, 4) is 11.3 Å². The molecule has 9 heteroatoms. The van der Waals surface area contributed by atoms with Crippen molar-refractivity contribution in [3.63, 3.8) is 0 Å². The molecule has 1 saturated heterocycles.